The number of nitrogens with zero attached hydrogens (tertiary/aromatic N) is 4. The monoisotopic (exact) mass is 1250 g/mol. The standard InChI is InChI=1S/C66H99N7O16/c1-9-53-54(10-2)62-48-64-56(14-12-24-89-66(75)73(21-27-82-39-43-86-35-31-78-7)22-28-83-40-44-87-36-32-79-8)50(4)60(70-64)46-52-16-18-58(68-52)57-17-15-51(67-57)45-59-49(3)55(63(69-59)47-61(53)71-62)13-11-23-88-65(74)72(19-25-80-37-41-84-33-29-76-5)20-26-81-38-42-85-34-30-77-6/h15-18,45-48,67-69H,9-14,19-44H2,1-8H3. The van der Waals surface area contributed by atoms with Crippen molar-refractivity contribution in [1.29, 1.82) is 0 Å². The van der Waals surface area contributed by atoms with Crippen LogP contribution in [0.15, 0.2) is 48.5 Å². The fourth-order valence-electron chi connectivity index (χ4n) is 10.1. The number of amides is 2. The Kier molecular flexibility index (Phi) is 34.1. The normalized spacial score (nSPS) is 12.4. The molecule has 10 bridgehead atoms. The zero-order valence-corrected chi connectivity index (χ0v) is 54.1. The SMILES string of the molecule is CCC1=C(CC)c2cc3[nH]c(cc4ccc([nH]4)c4ccc(cc5nc(cc1n2)C(CCCOC(=O)N(CCOCCOCCOC)CCOCCOCCOC)=C5C)[nH]4)c(C)c3CCCOC(=O)N(CCOCCOCCOC)CCOCCOCCOC. The van der Waals surface area contributed by atoms with Crippen molar-refractivity contribution in [2.24, 2.45) is 0 Å². The molecule has 4 aromatic heterocycles. The van der Waals surface area contributed by atoms with Crippen LogP contribution in [-0.4, -0.2) is 247 Å². The quantitative estimate of drug-likeness (QED) is 0.0349. The average molecular weight is 1250 g/mol. The minimum Gasteiger partial charge on any atom is -0.449 e. The molecule has 0 fully saturated rings. The number of ether oxygens (including phenoxy) is 14. The fraction of sp³-hybridized carbons (Fsp3) is 0.606. The Morgan fingerprint density at radius 2 is 0.775 bits per heavy atom. The van der Waals surface area contributed by atoms with Crippen LogP contribution in [-0.2, 0) is 72.7 Å². The average Bonchev–Trinajstić information content (AvgIpc) is 1.82. The van der Waals surface area contributed by atoms with E-state index < -0.39 is 12.2 Å². The Bertz CT molecular complexity index is 2950. The van der Waals surface area contributed by atoms with Crippen molar-refractivity contribution in [3.8, 4) is 0 Å². The highest BCUT2D eigenvalue weighted by atomic mass is 16.6. The van der Waals surface area contributed by atoms with Crippen LogP contribution in [0.25, 0.3) is 55.4 Å². The van der Waals surface area contributed by atoms with Crippen molar-refractivity contribution in [1.82, 2.24) is 34.7 Å². The number of aryl methyl sites for hydroxylation is 2. The fourth-order valence-corrected chi connectivity index (χ4v) is 10.1. The maximum absolute atomic E-state index is 13.7. The van der Waals surface area contributed by atoms with Gasteiger partial charge in [0.1, 0.15) is 0 Å². The number of carbonyl (C=O) groups is 2. The van der Waals surface area contributed by atoms with E-state index in [-0.39, 0.29) is 13.2 Å². The molecule has 23 nitrogen and oxygen atoms in total. The molecule has 2 aliphatic rings. The second kappa shape index (κ2) is 42.1. The molecule has 4 aromatic rings. The first-order chi connectivity index (χ1) is 43.6. The number of hydrogen-bond donors (Lipinski definition) is 3. The second-order valence-electron chi connectivity index (χ2n) is 21.1. The molecule has 0 saturated heterocycles. The molecule has 0 aromatic carbocycles. The molecule has 89 heavy (non-hydrogen) atoms. The summed E-state index contributed by atoms with van der Waals surface area (Å²) in [5.41, 5.74) is 15.6. The first-order valence-corrected chi connectivity index (χ1v) is 31.4. The van der Waals surface area contributed by atoms with Gasteiger partial charge in [-0.05, 0) is 134 Å². The number of fused-ring (bicyclic) bond motifs is 11. The van der Waals surface area contributed by atoms with Crippen LogP contribution in [0, 0.1) is 6.92 Å². The van der Waals surface area contributed by atoms with E-state index in [1.807, 2.05) is 0 Å². The number of nitrogens with one attached hydrogen (secondary N) is 3. The molecule has 2 amide bonds. The minimum absolute atomic E-state index is 0.191. The lowest BCUT2D eigenvalue weighted by Gasteiger charge is -2.22. The molecule has 0 atom stereocenters. The van der Waals surface area contributed by atoms with E-state index in [9.17, 15) is 9.59 Å². The lowest BCUT2D eigenvalue weighted by Crippen LogP contribution is -2.37. The van der Waals surface area contributed by atoms with Crippen molar-refractivity contribution >= 4 is 67.6 Å². The van der Waals surface area contributed by atoms with E-state index in [2.05, 4.69) is 91.2 Å². The number of rotatable bonds is 46. The number of aromatic nitrogens is 5. The van der Waals surface area contributed by atoms with Crippen LogP contribution in [0.2, 0.25) is 0 Å². The summed E-state index contributed by atoms with van der Waals surface area (Å²) >= 11 is 0. The van der Waals surface area contributed by atoms with E-state index in [0.29, 0.717) is 184 Å². The molecule has 2 aliphatic heterocycles. The van der Waals surface area contributed by atoms with Gasteiger partial charge in [-0.1, -0.05) is 13.8 Å². The largest absolute Gasteiger partial charge is 0.449 e. The number of methoxy groups -OCH3 is 4. The number of allylic oxidation sites excluding steroid dienone is 4. The summed E-state index contributed by atoms with van der Waals surface area (Å²) in [5, 5.41) is 0. The first kappa shape index (κ1) is 72.0. The molecular formula is C66H99N7O16. The number of carbonyl (C=O) groups excluding carboxylic acids is 2. The predicted octanol–water partition coefficient (Wildman–Crippen LogP) is 9.64. The summed E-state index contributed by atoms with van der Waals surface area (Å²) in [4.78, 5) is 52.3. The topological polar surface area (TPSA) is 243 Å². The van der Waals surface area contributed by atoms with E-state index in [4.69, 9.17) is 76.3 Å². The van der Waals surface area contributed by atoms with Crippen molar-refractivity contribution in [2.75, 3.05) is 200 Å². The Balaban J connectivity index is 1.22. The van der Waals surface area contributed by atoms with Gasteiger partial charge < -0.3 is 91.1 Å². The molecule has 23 heteroatoms. The van der Waals surface area contributed by atoms with Gasteiger partial charge >= 0.3 is 12.2 Å². The van der Waals surface area contributed by atoms with Gasteiger partial charge in [0.05, 0.1) is 179 Å². The highest BCUT2D eigenvalue weighted by molar-refractivity contribution is 5.96. The van der Waals surface area contributed by atoms with Crippen LogP contribution in [0.1, 0.15) is 86.8 Å². The molecule has 3 N–H and O–H groups in total. The molecule has 0 unspecified atom stereocenters. The third kappa shape index (κ3) is 24.6. The Labute approximate surface area is 524 Å². The summed E-state index contributed by atoms with van der Waals surface area (Å²) in [6.45, 7) is 18.7. The van der Waals surface area contributed by atoms with Crippen molar-refractivity contribution in [3.05, 3.63) is 82.4 Å². The van der Waals surface area contributed by atoms with Crippen molar-refractivity contribution in [2.45, 2.75) is 66.2 Å². The molecule has 0 spiro atoms. The van der Waals surface area contributed by atoms with Crippen molar-refractivity contribution in [3.63, 3.8) is 0 Å². The summed E-state index contributed by atoms with van der Waals surface area (Å²) in [7, 11) is 6.52. The van der Waals surface area contributed by atoms with E-state index >= 15 is 0 Å². The van der Waals surface area contributed by atoms with Crippen LogP contribution in [0.3, 0.4) is 0 Å². The second-order valence-corrected chi connectivity index (χ2v) is 21.1. The summed E-state index contributed by atoms with van der Waals surface area (Å²) in [6, 6.07) is 16.8. The van der Waals surface area contributed by atoms with E-state index in [0.717, 1.165) is 96.6 Å². The summed E-state index contributed by atoms with van der Waals surface area (Å²) in [5.74, 6) is 0. The van der Waals surface area contributed by atoms with Gasteiger partial charge in [0.15, 0.2) is 0 Å². The zero-order valence-electron chi connectivity index (χ0n) is 54.1. The molecule has 494 valence electrons. The Morgan fingerprint density at radius 3 is 1.21 bits per heavy atom. The molecule has 6 heterocycles. The lowest BCUT2D eigenvalue weighted by molar-refractivity contribution is 0.00801. The van der Waals surface area contributed by atoms with E-state index in [1.54, 1.807) is 38.2 Å². The molecule has 6 rings (SSSR count). The van der Waals surface area contributed by atoms with Crippen molar-refractivity contribution < 1.29 is 75.9 Å². The van der Waals surface area contributed by atoms with E-state index in [1.165, 1.54) is 5.57 Å². The number of H-pyrrole nitrogens is 3. The van der Waals surface area contributed by atoms with Gasteiger partial charge in [-0.3, -0.25) is 0 Å². The maximum Gasteiger partial charge on any atom is 0.409 e. The van der Waals surface area contributed by atoms with Gasteiger partial charge in [-0.15, -0.1) is 0 Å². The van der Waals surface area contributed by atoms with Gasteiger partial charge in [0.2, 0.25) is 0 Å². The third-order valence-electron chi connectivity index (χ3n) is 15.0. The Morgan fingerprint density at radius 1 is 0.393 bits per heavy atom. The van der Waals surface area contributed by atoms with Crippen LogP contribution in [0.5, 0.6) is 0 Å². The molecule has 0 aliphatic carbocycles. The van der Waals surface area contributed by atoms with Crippen LogP contribution in [0.4, 0.5) is 9.59 Å². The number of hydrogen-bond acceptors (Lipinski definition) is 18. The van der Waals surface area contributed by atoms with Gasteiger partial charge in [0, 0.05) is 76.7 Å². The summed E-state index contributed by atoms with van der Waals surface area (Å²) < 4.78 is 77.5. The minimum atomic E-state index is -0.441. The Hall–Kier alpha value is -6.06. The maximum atomic E-state index is 13.7. The highest BCUT2D eigenvalue weighted by Gasteiger charge is 2.23. The van der Waals surface area contributed by atoms with Gasteiger partial charge in [-0.25, -0.2) is 19.6 Å². The van der Waals surface area contributed by atoms with Crippen LogP contribution >= 0.6 is 0 Å². The third-order valence-corrected chi connectivity index (χ3v) is 15.0. The first-order valence-electron chi connectivity index (χ1n) is 31.4. The zero-order chi connectivity index (χ0) is 63.3. The van der Waals surface area contributed by atoms with Gasteiger partial charge in [-0.2, -0.15) is 0 Å². The smallest absolute Gasteiger partial charge is 0.409 e. The predicted molar refractivity (Wildman–Crippen MR) is 344 cm³/mol. The summed E-state index contributed by atoms with van der Waals surface area (Å²) in [6.07, 6.45) is 3.02. The van der Waals surface area contributed by atoms with Crippen LogP contribution < -0.4 is 0 Å². The molecular weight excluding hydrogens is 1150 g/mol. The lowest BCUT2D eigenvalue weighted by atomic mass is 9.98. The van der Waals surface area contributed by atoms with Gasteiger partial charge in [0.25, 0.3) is 0 Å². The number of aromatic amines is 3. The molecule has 0 saturated carbocycles. The molecule has 0 radical (unpaired) electrons. The highest BCUT2D eigenvalue weighted by Crippen LogP contribution is 2.38.